The normalized spacial score (nSPS) is 10.3. The van der Waals surface area contributed by atoms with E-state index in [4.69, 9.17) is 10.5 Å². The minimum atomic E-state index is -0.521. The number of hydrogen-bond acceptors (Lipinski definition) is 6. The molecule has 0 atom stereocenters. The van der Waals surface area contributed by atoms with Gasteiger partial charge in [0.05, 0.1) is 0 Å². The van der Waals surface area contributed by atoms with Gasteiger partial charge in [0.1, 0.15) is 6.61 Å². The zero-order valence-corrected chi connectivity index (χ0v) is 14.7. The van der Waals surface area contributed by atoms with Crippen LogP contribution < -0.4 is 11.1 Å². The van der Waals surface area contributed by atoms with E-state index in [0.717, 1.165) is 5.56 Å². The second kappa shape index (κ2) is 8.26. The maximum atomic E-state index is 12.1. The number of carbonyl (C=O) groups is 2. The highest BCUT2D eigenvalue weighted by Crippen LogP contribution is 2.18. The Kier molecular flexibility index (Phi) is 5.60. The maximum Gasteiger partial charge on any atom is 0.358 e. The molecule has 0 bridgehead atoms. The van der Waals surface area contributed by atoms with E-state index in [0.29, 0.717) is 22.8 Å². The van der Waals surface area contributed by atoms with Crippen LogP contribution in [0.25, 0.3) is 0 Å². The van der Waals surface area contributed by atoms with Gasteiger partial charge in [0.2, 0.25) is 5.91 Å². The molecule has 0 saturated carbocycles. The van der Waals surface area contributed by atoms with Crippen LogP contribution in [0.15, 0.2) is 60.0 Å². The van der Waals surface area contributed by atoms with Crippen molar-refractivity contribution in [3.8, 4) is 0 Å². The minimum Gasteiger partial charge on any atom is -0.456 e. The molecule has 1 aromatic heterocycles. The van der Waals surface area contributed by atoms with Gasteiger partial charge in [-0.25, -0.2) is 9.78 Å². The van der Waals surface area contributed by atoms with E-state index in [2.05, 4.69) is 10.3 Å². The molecule has 0 unspecified atom stereocenters. The van der Waals surface area contributed by atoms with Crippen LogP contribution in [0.4, 0.5) is 5.13 Å². The van der Waals surface area contributed by atoms with Crippen LogP contribution in [-0.2, 0) is 17.9 Å². The fourth-order valence-corrected chi connectivity index (χ4v) is 2.94. The molecular weight excluding hydrogens is 350 g/mol. The first kappa shape index (κ1) is 17.6. The van der Waals surface area contributed by atoms with Crippen molar-refractivity contribution in [2.24, 2.45) is 5.73 Å². The summed E-state index contributed by atoms with van der Waals surface area (Å²) in [6.45, 7) is 0.674. The van der Waals surface area contributed by atoms with E-state index in [-0.39, 0.29) is 12.3 Å². The molecular formula is C19H17N3O3S. The summed E-state index contributed by atoms with van der Waals surface area (Å²) in [6, 6.07) is 16.6. The molecule has 0 radical (unpaired) electrons. The first-order valence-electron chi connectivity index (χ1n) is 7.91. The Labute approximate surface area is 154 Å². The molecule has 0 fully saturated rings. The van der Waals surface area contributed by atoms with Crippen molar-refractivity contribution in [1.29, 1.82) is 0 Å². The zero-order valence-electron chi connectivity index (χ0n) is 13.8. The lowest BCUT2D eigenvalue weighted by Gasteiger charge is -2.04. The number of thiazole rings is 1. The minimum absolute atomic E-state index is 0.0459. The Hall–Kier alpha value is -3.19. The van der Waals surface area contributed by atoms with Crippen molar-refractivity contribution in [2.45, 2.75) is 13.2 Å². The van der Waals surface area contributed by atoms with Gasteiger partial charge in [-0.2, -0.15) is 0 Å². The summed E-state index contributed by atoms with van der Waals surface area (Å²) in [7, 11) is 0. The SMILES string of the molecule is NC(=O)c1cccc(COC(=O)c2csc(NCc3ccccc3)n2)c1. The van der Waals surface area contributed by atoms with E-state index < -0.39 is 11.9 Å². The Morgan fingerprint density at radius 2 is 1.85 bits per heavy atom. The number of carbonyl (C=O) groups excluding carboxylic acids is 2. The average Bonchev–Trinajstić information content (AvgIpc) is 3.15. The van der Waals surface area contributed by atoms with Gasteiger partial charge in [0.15, 0.2) is 10.8 Å². The van der Waals surface area contributed by atoms with Crippen LogP contribution in [0.2, 0.25) is 0 Å². The first-order valence-corrected chi connectivity index (χ1v) is 8.79. The van der Waals surface area contributed by atoms with Crippen molar-refractivity contribution in [2.75, 3.05) is 5.32 Å². The van der Waals surface area contributed by atoms with Crippen molar-refractivity contribution < 1.29 is 14.3 Å². The highest BCUT2D eigenvalue weighted by Gasteiger charge is 2.13. The van der Waals surface area contributed by atoms with Crippen molar-refractivity contribution >= 4 is 28.3 Å². The summed E-state index contributed by atoms with van der Waals surface area (Å²) in [6.07, 6.45) is 0. The second-order valence-corrected chi connectivity index (χ2v) is 6.38. The quantitative estimate of drug-likeness (QED) is 0.625. The molecule has 0 aliphatic rings. The molecule has 1 amide bonds. The van der Waals surface area contributed by atoms with Crippen LogP contribution in [0.1, 0.15) is 32.0 Å². The lowest BCUT2D eigenvalue weighted by molar-refractivity contribution is 0.0467. The van der Waals surface area contributed by atoms with Crippen LogP contribution in [0, 0.1) is 0 Å². The van der Waals surface area contributed by atoms with E-state index in [9.17, 15) is 9.59 Å². The van der Waals surface area contributed by atoms with Gasteiger partial charge in [-0.15, -0.1) is 11.3 Å². The molecule has 1 heterocycles. The number of benzene rings is 2. The highest BCUT2D eigenvalue weighted by molar-refractivity contribution is 7.13. The van der Waals surface area contributed by atoms with E-state index in [1.54, 1.807) is 29.6 Å². The van der Waals surface area contributed by atoms with Crippen LogP contribution in [0.5, 0.6) is 0 Å². The van der Waals surface area contributed by atoms with Crippen LogP contribution >= 0.6 is 11.3 Å². The number of primary amides is 1. The number of nitrogens with zero attached hydrogens (tertiary/aromatic N) is 1. The number of rotatable bonds is 7. The Balaban J connectivity index is 1.54. The lowest BCUT2D eigenvalue weighted by atomic mass is 10.1. The summed E-state index contributed by atoms with van der Waals surface area (Å²) in [5.41, 5.74) is 7.68. The molecule has 0 aliphatic carbocycles. The Morgan fingerprint density at radius 3 is 2.62 bits per heavy atom. The lowest BCUT2D eigenvalue weighted by Crippen LogP contribution is -2.11. The number of hydrogen-bond donors (Lipinski definition) is 2. The Morgan fingerprint density at radius 1 is 1.08 bits per heavy atom. The average molecular weight is 367 g/mol. The van der Waals surface area contributed by atoms with Gasteiger partial charge >= 0.3 is 5.97 Å². The van der Waals surface area contributed by atoms with E-state index >= 15 is 0 Å². The second-order valence-electron chi connectivity index (χ2n) is 5.52. The van der Waals surface area contributed by atoms with Gasteiger partial charge in [-0.3, -0.25) is 4.79 Å². The fraction of sp³-hybridized carbons (Fsp3) is 0.105. The molecule has 0 saturated heterocycles. The number of nitrogens with one attached hydrogen (secondary N) is 1. The number of aromatic nitrogens is 1. The number of amides is 1. The summed E-state index contributed by atoms with van der Waals surface area (Å²) in [5, 5.41) is 5.48. The molecule has 26 heavy (non-hydrogen) atoms. The molecule has 2 aromatic carbocycles. The maximum absolute atomic E-state index is 12.1. The van der Waals surface area contributed by atoms with Gasteiger partial charge in [0, 0.05) is 17.5 Å². The smallest absolute Gasteiger partial charge is 0.358 e. The third-order valence-corrected chi connectivity index (χ3v) is 4.38. The number of anilines is 1. The first-order chi connectivity index (χ1) is 12.6. The fourth-order valence-electron chi connectivity index (χ4n) is 2.26. The van der Waals surface area contributed by atoms with E-state index in [1.165, 1.54) is 11.3 Å². The molecule has 7 heteroatoms. The molecule has 132 valence electrons. The largest absolute Gasteiger partial charge is 0.456 e. The van der Waals surface area contributed by atoms with Crippen LogP contribution in [-0.4, -0.2) is 16.9 Å². The highest BCUT2D eigenvalue weighted by atomic mass is 32.1. The molecule has 0 aliphatic heterocycles. The van der Waals surface area contributed by atoms with E-state index in [1.807, 2.05) is 30.3 Å². The monoisotopic (exact) mass is 367 g/mol. The van der Waals surface area contributed by atoms with Crippen molar-refractivity contribution in [3.05, 3.63) is 82.4 Å². The van der Waals surface area contributed by atoms with Gasteiger partial charge < -0.3 is 15.8 Å². The summed E-state index contributed by atoms with van der Waals surface area (Å²) in [4.78, 5) is 27.5. The molecule has 0 spiro atoms. The predicted octanol–water partition coefficient (Wildman–Crippen LogP) is 3.21. The Bertz CT molecular complexity index is 909. The van der Waals surface area contributed by atoms with Gasteiger partial charge in [-0.05, 0) is 23.3 Å². The summed E-state index contributed by atoms with van der Waals surface area (Å²) in [5.74, 6) is -1.04. The molecule has 3 aromatic rings. The topological polar surface area (TPSA) is 94.3 Å². The summed E-state index contributed by atoms with van der Waals surface area (Å²) >= 11 is 1.34. The van der Waals surface area contributed by atoms with Crippen molar-refractivity contribution in [3.63, 3.8) is 0 Å². The number of nitrogens with two attached hydrogens (primary N) is 1. The summed E-state index contributed by atoms with van der Waals surface area (Å²) < 4.78 is 5.25. The number of esters is 1. The zero-order chi connectivity index (χ0) is 18.4. The van der Waals surface area contributed by atoms with Crippen molar-refractivity contribution in [1.82, 2.24) is 4.98 Å². The molecule has 3 N–H and O–H groups in total. The molecule has 3 rings (SSSR count). The predicted molar refractivity (Wildman–Crippen MR) is 100.0 cm³/mol. The van der Waals surface area contributed by atoms with Crippen LogP contribution in [0.3, 0.4) is 0 Å². The third kappa shape index (κ3) is 4.67. The standard InChI is InChI=1S/C19H17N3O3S/c20-17(23)15-8-4-7-14(9-15)11-25-18(24)16-12-26-19(22-16)21-10-13-5-2-1-3-6-13/h1-9,12H,10-11H2,(H2,20,23)(H,21,22). The number of ether oxygens (including phenoxy) is 1. The third-order valence-electron chi connectivity index (χ3n) is 3.58. The van der Waals surface area contributed by atoms with Gasteiger partial charge in [-0.1, -0.05) is 42.5 Å². The molecule has 6 nitrogen and oxygen atoms in total. The van der Waals surface area contributed by atoms with Gasteiger partial charge in [0.25, 0.3) is 0 Å².